The lowest BCUT2D eigenvalue weighted by atomic mass is 9.83. The monoisotopic (exact) mass is 314 g/mol. The van der Waals surface area contributed by atoms with E-state index in [1.54, 1.807) is 0 Å². The summed E-state index contributed by atoms with van der Waals surface area (Å²) in [6.45, 7) is 4.11. The van der Waals surface area contributed by atoms with Crippen LogP contribution in [0.1, 0.15) is 52.4 Å². The summed E-state index contributed by atoms with van der Waals surface area (Å²) in [4.78, 5) is 25.1. The van der Waals surface area contributed by atoms with Crippen molar-refractivity contribution in [3.63, 3.8) is 0 Å². The molecule has 0 bridgehead atoms. The van der Waals surface area contributed by atoms with Crippen LogP contribution < -0.4 is 5.32 Å². The second-order valence-corrected chi connectivity index (χ2v) is 7.50. The highest BCUT2D eigenvalue weighted by Crippen LogP contribution is 2.30. The number of nitrogens with zero attached hydrogens (tertiary/aromatic N) is 1. The Labute approximate surface area is 130 Å². The first-order chi connectivity index (χ1) is 10.0. The number of thioether (sulfide) groups is 1. The second kappa shape index (κ2) is 7.38. The van der Waals surface area contributed by atoms with Gasteiger partial charge in [0.2, 0.25) is 0 Å². The first kappa shape index (κ1) is 16.5. The Morgan fingerprint density at radius 1 is 1.29 bits per heavy atom. The van der Waals surface area contributed by atoms with Crippen LogP contribution >= 0.6 is 11.8 Å². The van der Waals surface area contributed by atoms with E-state index in [0.29, 0.717) is 5.75 Å². The molecule has 0 aromatic rings. The number of hydrogen-bond acceptors (Lipinski definition) is 3. The molecule has 2 unspecified atom stereocenters. The highest BCUT2D eigenvalue weighted by atomic mass is 32.2. The summed E-state index contributed by atoms with van der Waals surface area (Å²) in [5, 5.41) is 12.2. The van der Waals surface area contributed by atoms with Crippen molar-refractivity contribution in [1.82, 2.24) is 10.2 Å². The first-order valence-electron chi connectivity index (χ1n) is 7.96. The highest BCUT2D eigenvalue weighted by molar-refractivity contribution is 8.00. The predicted molar refractivity (Wildman–Crippen MR) is 84.4 cm³/mol. The summed E-state index contributed by atoms with van der Waals surface area (Å²) in [7, 11) is 0. The Kier molecular flexibility index (Phi) is 5.79. The molecule has 1 aliphatic carbocycles. The lowest BCUT2D eigenvalue weighted by molar-refractivity contribution is -0.141. The fraction of sp³-hybridized carbons (Fsp3) is 0.867. The maximum Gasteiger partial charge on any atom is 0.327 e. The Balaban J connectivity index is 1.85. The number of urea groups is 1. The Morgan fingerprint density at radius 3 is 2.52 bits per heavy atom. The molecule has 5 nitrogen and oxygen atoms in total. The SMILES string of the molecule is CCCC1CCC(NC(=O)N2C(C)SCC2C(=O)O)CC1. The van der Waals surface area contributed by atoms with E-state index in [2.05, 4.69) is 12.2 Å². The molecule has 0 aromatic carbocycles. The second-order valence-electron chi connectivity index (χ2n) is 6.15. The smallest absolute Gasteiger partial charge is 0.327 e. The molecule has 2 atom stereocenters. The summed E-state index contributed by atoms with van der Waals surface area (Å²) in [6, 6.07) is -0.696. The van der Waals surface area contributed by atoms with Crippen LogP contribution in [0.25, 0.3) is 0 Å². The van der Waals surface area contributed by atoms with Gasteiger partial charge in [-0.1, -0.05) is 19.8 Å². The van der Waals surface area contributed by atoms with Gasteiger partial charge in [0.05, 0.1) is 5.37 Å². The van der Waals surface area contributed by atoms with Crippen LogP contribution in [-0.4, -0.2) is 45.2 Å². The van der Waals surface area contributed by atoms with Gasteiger partial charge in [-0.3, -0.25) is 4.90 Å². The Bertz CT molecular complexity index is 383. The Hall–Kier alpha value is -0.910. The highest BCUT2D eigenvalue weighted by Gasteiger charge is 2.40. The molecule has 2 rings (SSSR count). The van der Waals surface area contributed by atoms with Gasteiger partial charge in [-0.05, 0) is 38.5 Å². The molecule has 21 heavy (non-hydrogen) atoms. The molecule has 0 radical (unpaired) electrons. The summed E-state index contributed by atoms with van der Waals surface area (Å²) >= 11 is 1.52. The van der Waals surface area contributed by atoms with Crippen molar-refractivity contribution < 1.29 is 14.7 Å². The molecule has 2 fully saturated rings. The van der Waals surface area contributed by atoms with Gasteiger partial charge in [-0.25, -0.2) is 9.59 Å². The third kappa shape index (κ3) is 4.05. The minimum atomic E-state index is -0.909. The van der Waals surface area contributed by atoms with E-state index in [0.717, 1.165) is 18.8 Å². The van der Waals surface area contributed by atoms with Crippen molar-refractivity contribution in [1.29, 1.82) is 0 Å². The number of carbonyl (C=O) groups excluding carboxylic acids is 1. The van der Waals surface area contributed by atoms with Gasteiger partial charge in [-0.15, -0.1) is 11.8 Å². The number of hydrogen-bond donors (Lipinski definition) is 2. The molecule has 2 amide bonds. The van der Waals surface area contributed by atoms with Crippen molar-refractivity contribution in [3.05, 3.63) is 0 Å². The fourth-order valence-electron chi connectivity index (χ4n) is 3.39. The van der Waals surface area contributed by atoms with Gasteiger partial charge in [0.15, 0.2) is 0 Å². The van der Waals surface area contributed by atoms with E-state index in [1.807, 2.05) is 6.92 Å². The number of carboxylic acids is 1. The number of rotatable bonds is 4. The van der Waals surface area contributed by atoms with Crippen molar-refractivity contribution in [2.75, 3.05) is 5.75 Å². The quantitative estimate of drug-likeness (QED) is 0.837. The normalized spacial score (nSPS) is 33.0. The number of nitrogens with one attached hydrogen (secondary N) is 1. The lowest BCUT2D eigenvalue weighted by Gasteiger charge is -2.32. The van der Waals surface area contributed by atoms with E-state index >= 15 is 0 Å². The minimum absolute atomic E-state index is 0.0671. The van der Waals surface area contributed by atoms with Crippen molar-refractivity contribution >= 4 is 23.8 Å². The van der Waals surface area contributed by atoms with Gasteiger partial charge in [0, 0.05) is 11.8 Å². The predicted octanol–water partition coefficient (Wildman–Crippen LogP) is 2.90. The lowest BCUT2D eigenvalue weighted by Crippen LogP contribution is -2.52. The molecule has 1 aliphatic heterocycles. The van der Waals surface area contributed by atoms with Crippen LogP contribution in [0.15, 0.2) is 0 Å². The van der Waals surface area contributed by atoms with Gasteiger partial charge in [0.1, 0.15) is 6.04 Å². The number of carboxylic acid groups (broad SMARTS) is 1. The third-order valence-electron chi connectivity index (χ3n) is 4.61. The summed E-state index contributed by atoms with van der Waals surface area (Å²) in [6.07, 6.45) is 6.88. The molecular weight excluding hydrogens is 288 g/mol. The molecule has 1 saturated heterocycles. The van der Waals surface area contributed by atoms with Crippen LogP contribution in [0.2, 0.25) is 0 Å². The van der Waals surface area contributed by atoms with E-state index in [9.17, 15) is 14.7 Å². The molecule has 0 aromatic heterocycles. The molecule has 2 N–H and O–H groups in total. The molecule has 2 aliphatic rings. The van der Waals surface area contributed by atoms with Crippen molar-refractivity contribution in [2.45, 2.75) is 69.8 Å². The summed E-state index contributed by atoms with van der Waals surface area (Å²) in [5.74, 6) is 0.373. The van der Waals surface area contributed by atoms with Crippen LogP contribution in [0.4, 0.5) is 4.79 Å². The zero-order valence-corrected chi connectivity index (χ0v) is 13.7. The number of carbonyl (C=O) groups is 2. The fourth-order valence-corrected chi connectivity index (χ4v) is 4.56. The zero-order chi connectivity index (χ0) is 15.4. The van der Waals surface area contributed by atoms with Crippen LogP contribution in [0.3, 0.4) is 0 Å². The first-order valence-corrected chi connectivity index (χ1v) is 9.01. The van der Waals surface area contributed by atoms with Crippen molar-refractivity contribution in [2.24, 2.45) is 5.92 Å². The minimum Gasteiger partial charge on any atom is -0.480 e. The van der Waals surface area contributed by atoms with Crippen LogP contribution in [0, 0.1) is 5.92 Å². The van der Waals surface area contributed by atoms with Gasteiger partial charge >= 0.3 is 12.0 Å². The van der Waals surface area contributed by atoms with E-state index in [1.165, 1.54) is 42.3 Å². The summed E-state index contributed by atoms with van der Waals surface area (Å²) < 4.78 is 0. The topological polar surface area (TPSA) is 69.6 Å². The summed E-state index contributed by atoms with van der Waals surface area (Å²) in [5.41, 5.74) is 0. The van der Waals surface area contributed by atoms with Gasteiger partial charge in [-0.2, -0.15) is 0 Å². The van der Waals surface area contributed by atoms with Crippen molar-refractivity contribution in [3.8, 4) is 0 Å². The van der Waals surface area contributed by atoms with E-state index in [-0.39, 0.29) is 17.4 Å². The Morgan fingerprint density at radius 2 is 1.95 bits per heavy atom. The molecule has 1 heterocycles. The zero-order valence-electron chi connectivity index (χ0n) is 12.9. The molecular formula is C15H26N2O3S. The average molecular weight is 314 g/mol. The molecule has 0 spiro atoms. The molecule has 1 saturated carbocycles. The molecule has 6 heteroatoms. The maximum atomic E-state index is 12.4. The van der Waals surface area contributed by atoms with Crippen LogP contribution in [-0.2, 0) is 4.79 Å². The third-order valence-corrected chi connectivity index (χ3v) is 5.83. The van der Waals surface area contributed by atoms with Gasteiger partial charge < -0.3 is 10.4 Å². The average Bonchev–Trinajstić information content (AvgIpc) is 2.83. The van der Waals surface area contributed by atoms with Gasteiger partial charge in [0.25, 0.3) is 0 Å². The molecule has 120 valence electrons. The number of aliphatic carboxylic acids is 1. The largest absolute Gasteiger partial charge is 0.480 e. The standard InChI is InChI=1S/C15H26N2O3S/c1-3-4-11-5-7-12(8-6-11)16-15(20)17-10(2)21-9-13(17)14(18)19/h10-13H,3-9H2,1-2H3,(H,16,20)(H,18,19). The van der Waals surface area contributed by atoms with E-state index < -0.39 is 12.0 Å². The van der Waals surface area contributed by atoms with Crippen LogP contribution in [0.5, 0.6) is 0 Å². The van der Waals surface area contributed by atoms with E-state index in [4.69, 9.17) is 0 Å². The number of amides is 2. The maximum absolute atomic E-state index is 12.4.